The Morgan fingerprint density at radius 2 is 2.00 bits per heavy atom. The molecule has 0 aromatic heterocycles. The van der Waals surface area contributed by atoms with E-state index in [1.165, 1.54) is 0 Å². The number of amides is 3. The molecule has 1 aliphatic rings. The molecule has 0 saturated carbocycles. The van der Waals surface area contributed by atoms with E-state index in [0.29, 0.717) is 13.1 Å². The van der Waals surface area contributed by atoms with Crippen LogP contribution in [0.1, 0.15) is 40.0 Å². The van der Waals surface area contributed by atoms with Crippen molar-refractivity contribution in [2.24, 2.45) is 0 Å². The number of piperidine rings is 1. The van der Waals surface area contributed by atoms with Gasteiger partial charge in [0.15, 0.2) is 0 Å². The fraction of sp³-hybridized carbons (Fsp3) is 0.846. The van der Waals surface area contributed by atoms with E-state index in [4.69, 9.17) is 4.74 Å². The SMILES string of the molecule is CNC(=O)NCC1CCCCN1C(=O)OC(C)(C)C. The quantitative estimate of drug-likeness (QED) is 0.803. The number of nitrogens with one attached hydrogen (secondary N) is 2. The summed E-state index contributed by atoms with van der Waals surface area (Å²) >= 11 is 0. The summed E-state index contributed by atoms with van der Waals surface area (Å²) in [6.07, 6.45) is 2.65. The first-order chi connectivity index (χ1) is 8.83. The minimum absolute atomic E-state index is 0.0147. The predicted molar refractivity (Wildman–Crippen MR) is 73.0 cm³/mol. The minimum Gasteiger partial charge on any atom is -0.444 e. The molecule has 1 unspecified atom stereocenters. The number of nitrogens with zero attached hydrogens (tertiary/aromatic N) is 1. The van der Waals surface area contributed by atoms with Gasteiger partial charge in [0.25, 0.3) is 0 Å². The summed E-state index contributed by atoms with van der Waals surface area (Å²) in [5.74, 6) is 0. The lowest BCUT2D eigenvalue weighted by Crippen LogP contribution is -2.51. The zero-order valence-corrected chi connectivity index (χ0v) is 12.3. The summed E-state index contributed by atoms with van der Waals surface area (Å²) in [6.45, 7) is 6.71. The third-order valence-electron chi connectivity index (χ3n) is 2.98. The molecule has 3 amide bonds. The minimum atomic E-state index is -0.493. The normalized spacial score (nSPS) is 19.8. The predicted octanol–water partition coefficient (Wildman–Crippen LogP) is 1.70. The molecule has 6 nitrogen and oxygen atoms in total. The number of rotatable bonds is 2. The summed E-state index contributed by atoms with van der Waals surface area (Å²) in [7, 11) is 1.57. The van der Waals surface area contributed by atoms with E-state index in [1.807, 2.05) is 20.8 Å². The van der Waals surface area contributed by atoms with Gasteiger partial charge < -0.3 is 20.3 Å². The number of carbonyl (C=O) groups is 2. The van der Waals surface area contributed by atoms with Gasteiger partial charge in [-0.25, -0.2) is 9.59 Å². The van der Waals surface area contributed by atoms with Gasteiger partial charge in [-0.2, -0.15) is 0 Å². The van der Waals surface area contributed by atoms with Crippen molar-refractivity contribution in [2.75, 3.05) is 20.1 Å². The maximum absolute atomic E-state index is 12.1. The number of hydrogen-bond donors (Lipinski definition) is 2. The molecule has 2 N–H and O–H groups in total. The largest absolute Gasteiger partial charge is 0.444 e. The molecular formula is C13H25N3O3. The molecular weight excluding hydrogens is 246 g/mol. The molecule has 0 spiro atoms. The number of likely N-dealkylation sites (tertiary alicyclic amines) is 1. The van der Waals surface area contributed by atoms with E-state index in [9.17, 15) is 9.59 Å². The molecule has 1 saturated heterocycles. The summed E-state index contributed by atoms with van der Waals surface area (Å²) in [5, 5.41) is 5.25. The Morgan fingerprint density at radius 1 is 1.32 bits per heavy atom. The van der Waals surface area contributed by atoms with Crippen LogP contribution in [0, 0.1) is 0 Å². The molecule has 0 aromatic carbocycles. The standard InChI is InChI=1S/C13H25N3O3/c1-13(2,3)19-12(18)16-8-6-5-7-10(16)9-15-11(17)14-4/h10H,5-9H2,1-4H3,(H2,14,15,17). The Labute approximate surface area is 114 Å². The van der Waals surface area contributed by atoms with Crippen molar-refractivity contribution in [1.29, 1.82) is 0 Å². The van der Waals surface area contributed by atoms with E-state index < -0.39 is 5.60 Å². The average Bonchev–Trinajstić information content (AvgIpc) is 2.34. The Kier molecular flexibility index (Phi) is 5.44. The highest BCUT2D eigenvalue weighted by Gasteiger charge is 2.30. The van der Waals surface area contributed by atoms with Crippen LogP contribution >= 0.6 is 0 Å². The summed E-state index contributed by atoms with van der Waals surface area (Å²) in [5.41, 5.74) is -0.493. The highest BCUT2D eigenvalue weighted by molar-refractivity contribution is 5.73. The van der Waals surface area contributed by atoms with Gasteiger partial charge in [0.1, 0.15) is 5.60 Å². The van der Waals surface area contributed by atoms with Gasteiger partial charge in [-0.1, -0.05) is 0 Å². The Balaban J connectivity index is 2.56. The van der Waals surface area contributed by atoms with Gasteiger partial charge in [-0.15, -0.1) is 0 Å². The van der Waals surface area contributed by atoms with Crippen molar-refractivity contribution in [3.63, 3.8) is 0 Å². The van der Waals surface area contributed by atoms with Gasteiger partial charge >= 0.3 is 12.1 Å². The fourth-order valence-corrected chi connectivity index (χ4v) is 2.07. The lowest BCUT2D eigenvalue weighted by molar-refractivity contribution is 0.0102. The van der Waals surface area contributed by atoms with Crippen LogP contribution in [-0.2, 0) is 4.74 Å². The van der Waals surface area contributed by atoms with E-state index in [0.717, 1.165) is 19.3 Å². The Morgan fingerprint density at radius 3 is 2.58 bits per heavy atom. The van der Waals surface area contributed by atoms with Crippen LogP contribution in [0.25, 0.3) is 0 Å². The Bertz CT molecular complexity index is 326. The topological polar surface area (TPSA) is 70.7 Å². The van der Waals surface area contributed by atoms with Crippen molar-refractivity contribution < 1.29 is 14.3 Å². The van der Waals surface area contributed by atoms with Crippen LogP contribution in [0.4, 0.5) is 9.59 Å². The second-order valence-electron chi connectivity index (χ2n) is 5.78. The molecule has 1 aliphatic heterocycles. The lowest BCUT2D eigenvalue weighted by Gasteiger charge is -2.36. The summed E-state index contributed by atoms with van der Waals surface area (Å²) in [4.78, 5) is 25.0. The third kappa shape index (κ3) is 5.36. The van der Waals surface area contributed by atoms with Gasteiger partial charge in [-0.3, -0.25) is 0 Å². The molecule has 1 atom stereocenters. The first kappa shape index (κ1) is 15.6. The highest BCUT2D eigenvalue weighted by Crippen LogP contribution is 2.19. The van der Waals surface area contributed by atoms with Crippen LogP contribution in [0.2, 0.25) is 0 Å². The first-order valence-corrected chi connectivity index (χ1v) is 6.78. The molecule has 1 heterocycles. The molecule has 0 radical (unpaired) electrons. The van der Waals surface area contributed by atoms with Crippen molar-refractivity contribution in [1.82, 2.24) is 15.5 Å². The van der Waals surface area contributed by atoms with Crippen molar-refractivity contribution in [3.8, 4) is 0 Å². The number of hydrogen-bond acceptors (Lipinski definition) is 3. The summed E-state index contributed by atoms with van der Waals surface area (Å²) in [6, 6.07) is -0.212. The van der Waals surface area contributed by atoms with Crippen molar-refractivity contribution >= 4 is 12.1 Å². The zero-order valence-electron chi connectivity index (χ0n) is 12.3. The van der Waals surface area contributed by atoms with Crippen LogP contribution in [0.15, 0.2) is 0 Å². The second kappa shape index (κ2) is 6.63. The molecule has 19 heavy (non-hydrogen) atoms. The lowest BCUT2D eigenvalue weighted by atomic mass is 10.0. The monoisotopic (exact) mass is 271 g/mol. The number of urea groups is 1. The van der Waals surface area contributed by atoms with Crippen LogP contribution in [0.3, 0.4) is 0 Å². The highest BCUT2D eigenvalue weighted by atomic mass is 16.6. The van der Waals surface area contributed by atoms with E-state index in [-0.39, 0.29) is 18.2 Å². The number of ether oxygens (including phenoxy) is 1. The first-order valence-electron chi connectivity index (χ1n) is 6.78. The molecule has 1 fully saturated rings. The zero-order chi connectivity index (χ0) is 14.5. The van der Waals surface area contributed by atoms with Gasteiger partial charge in [-0.05, 0) is 40.0 Å². The van der Waals surface area contributed by atoms with Crippen molar-refractivity contribution in [2.45, 2.75) is 51.7 Å². The number of carbonyl (C=O) groups excluding carboxylic acids is 2. The smallest absolute Gasteiger partial charge is 0.410 e. The second-order valence-corrected chi connectivity index (χ2v) is 5.78. The third-order valence-corrected chi connectivity index (χ3v) is 2.98. The fourth-order valence-electron chi connectivity index (χ4n) is 2.07. The molecule has 0 bridgehead atoms. The van der Waals surface area contributed by atoms with Gasteiger partial charge in [0, 0.05) is 20.1 Å². The van der Waals surface area contributed by atoms with E-state index >= 15 is 0 Å². The molecule has 6 heteroatoms. The maximum Gasteiger partial charge on any atom is 0.410 e. The molecule has 0 aliphatic carbocycles. The molecule has 1 rings (SSSR count). The van der Waals surface area contributed by atoms with E-state index in [1.54, 1.807) is 11.9 Å². The van der Waals surface area contributed by atoms with Gasteiger partial charge in [0.2, 0.25) is 0 Å². The van der Waals surface area contributed by atoms with Crippen molar-refractivity contribution in [3.05, 3.63) is 0 Å². The van der Waals surface area contributed by atoms with Crippen LogP contribution < -0.4 is 10.6 Å². The maximum atomic E-state index is 12.1. The van der Waals surface area contributed by atoms with Gasteiger partial charge in [0.05, 0.1) is 6.04 Å². The van der Waals surface area contributed by atoms with Crippen LogP contribution in [0.5, 0.6) is 0 Å². The summed E-state index contributed by atoms with van der Waals surface area (Å²) < 4.78 is 5.40. The molecule has 110 valence electrons. The Hall–Kier alpha value is -1.46. The average molecular weight is 271 g/mol. The van der Waals surface area contributed by atoms with E-state index in [2.05, 4.69) is 10.6 Å². The van der Waals surface area contributed by atoms with Crippen LogP contribution in [-0.4, -0.2) is 48.8 Å². The molecule has 0 aromatic rings.